The molecule has 23 heavy (non-hydrogen) atoms. The first-order valence-corrected chi connectivity index (χ1v) is 9.56. The molecule has 8 heteroatoms. The third-order valence-corrected chi connectivity index (χ3v) is 5.18. The molecule has 0 atom stereocenters. The van der Waals surface area contributed by atoms with E-state index in [1.165, 1.54) is 10.6 Å². The molecular weight excluding hydrogens is 318 g/mol. The van der Waals surface area contributed by atoms with Gasteiger partial charge in [0.1, 0.15) is 0 Å². The van der Waals surface area contributed by atoms with Crippen LogP contribution in [0.15, 0.2) is 18.3 Å². The zero-order valence-electron chi connectivity index (χ0n) is 13.5. The quantitative estimate of drug-likeness (QED) is 0.825. The van der Waals surface area contributed by atoms with Crippen LogP contribution in [0.25, 0.3) is 0 Å². The average molecular weight is 341 g/mol. The average Bonchev–Trinajstić information content (AvgIpc) is 2.53. The van der Waals surface area contributed by atoms with Crippen LogP contribution in [0.4, 0.5) is 0 Å². The second kappa shape index (κ2) is 7.74. The summed E-state index contributed by atoms with van der Waals surface area (Å²) in [6.07, 6.45) is 3.94. The van der Waals surface area contributed by atoms with Gasteiger partial charge in [-0.1, -0.05) is 6.07 Å². The number of carbonyl (C=O) groups is 1. The molecule has 1 aliphatic heterocycles. The third-order valence-electron chi connectivity index (χ3n) is 3.88. The van der Waals surface area contributed by atoms with Gasteiger partial charge in [0.25, 0.3) is 0 Å². The van der Waals surface area contributed by atoms with E-state index in [2.05, 4.69) is 10.3 Å². The van der Waals surface area contributed by atoms with Crippen LogP contribution in [0.2, 0.25) is 0 Å². The Labute approximate surface area is 137 Å². The molecule has 7 nitrogen and oxygen atoms in total. The standard InChI is InChI=1S/C15H23N3O4S/c1-3-22-15-13(5-4-8-16-15)11-17-14(19)12-6-9-18(10-7-12)23(2,20)21/h4-5,8,12H,3,6-7,9-11H2,1-2H3,(H,17,19). The summed E-state index contributed by atoms with van der Waals surface area (Å²) < 4.78 is 29.8. The van der Waals surface area contributed by atoms with E-state index < -0.39 is 10.0 Å². The van der Waals surface area contributed by atoms with Crippen LogP contribution in [-0.4, -0.2) is 49.6 Å². The van der Waals surface area contributed by atoms with Crippen molar-refractivity contribution in [3.8, 4) is 5.88 Å². The Balaban J connectivity index is 1.87. The minimum Gasteiger partial charge on any atom is -0.478 e. The molecule has 0 aliphatic carbocycles. The number of ether oxygens (including phenoxy) is 1. The molecular formula is C15H23N3O4S. The maximum absolute atomic E-state index is 12.3. The molecule has 0 aromatic carbocycles. The zero-order valence-corrected chi connectivity index (χ0v) is 14.3. The van der Waals surface area contributed by atoms with E-state index in [9.17, 15) is 13.2 Å². The number of amides is 1. The highest BCUT2D eigenvalue weighted by Gasteiger charge is 2.28. The van der Waals surface area contributed by atoms with Crippen LogP contribution < -0.4 is 10.1 Å². The number of rotatable bonds is 6. The van der Waals surface area contributed by atoms with E-state index in [1.807, 2.05) is 13.0 Å². The van der Waals surface area contributed by atoms with Crippen LogP contribution in [0, 0.1) is 5.92 Å². The molecule has 1 amide bonds. The molecule has 0 spiro atoms. The van der Waals surface area contributed by atoms with Crippen molar-refractivity contribution in [2.24, 2.45) is 5.92 Å². The summed E-state index contributed by atoms with van der Waals surface area (Å²) in [6.45, 7) is 3.55. The van der Waals surface area contributed by atoms with E-state index >= 15 is 0 Å². The van der Waals surface area contributed by atoms with Crippen molar-refractivity contribution in [1.29, 1.82) is 0 Å². The lowest BCUT2D eigenvalue weighted by molar-refractivity contribution is -0.126. The van der Waals surface area contributed by atoms with Crippen LogP contribution >= 0.6 is 0 Å². The molecule has 128 valence electrons. The van der Waals surface area contributed by atoms with Crippen molar-refractivity contribution in [3.63, 3.8) is 0 Å². The second-order valence-corrected chi connectivity index (χ2v) is 7.54. The van der Waals surface area contributed by atoms with Gasteiger partial charge in [0, 0.05) is 37.3 Å². The Kier molecular flexibility index (Phi) is 5.95. The molecule has 1 aromatic rings. The summed E-state index contributed by atoms with van der Waals surface area (Å²) in [5, 5.41) is 2.89. The molecule has 1 aromatic heterocycles. The minimum absolute atomic E-state index is 0.0514. The van der Waals surface area contributed by atoms with Crippen molar-refractivity contribution in [2.45, 2.75) is 26.3 Å². The molecule has 2 heterocycles. The molecule has 1 saturated heterocycles. The highest BCUT2D eigenvalue weighted by Crippen LogP contribution is 2.20. The highest BCUT2D eigenvalue weighted by molar-refractivity contribution is 7.88. The van der Waals surface area contributed by atoms with Crippen LogP contribution in [0.1, 0.15) is 25.3 Å². The van der Waals surface area contributed by atoms with Gasteiger partial charge >= 0.3 is 0 Å². The van der Waals surface area contributed by atoms with Gasteiger partial charge in [-0.3, -0.25) is 4.79 Å². The zero-order chi connectivity index (χ0) is 16.9. The van der Waals surface area contributed by atoms with Gasteiger partial charge in [0.15, 0.2) is 0 Å². The second-order valence-electron chi connectivity index (χ2n) is 5.55. The number of carbonyl (C=O) groups excluding carboxylic acids is 1. The predicted molar refractivity (Wildman–Crippen MR) is 86.4 cm³/mol. The molecule has 2 rings (SSSR count). The third kappa shape index (κ3) is 4.90. The van der Waals surface area contributed by atoms with Crippen molar-refractivity contribution in [3.05, 3.63) is 23.9 Å². The predicted octanol–water partition coefficient (Wildman–Crippen LogP) is 0.768. The number of piperidine rings is 1. The lowest BCUT2D eigenvalue weighted by atomic mass is 9.97. The van der Waals surface area contributed by atoms with E-state index in [0.717, 1.165) is 5.56 Å². The monoisotopic (exact) mass is 341 g/mol. The van der Waals surface area contributed by atoms with Crippen LogP contribution in [0.3, 0.4) is 0 Å². The van der Waals surface area contributed by atoms with E-state index in [1.54, 1.807) is 12.3 Å². The van der Waals surface area contributed by atoms with E-state index in [0.29, 0.717) is 45.0 Å². The van der Waals surface area contributed by atoms with Crippen molar-refractivity contribution in [2.75, 3.05) is 26.0 Å². The summed E-state index contributed by atoms with van der Waals surface area (Å²) >= 11 is 0. The Morgan fingerprint density at radius 3 is 2.74 bits per heavy atom. The van der Waals surface area contributed by atoms with Gasteiger partial charge in [-0.05, 0) is 25.8 Å². The lowest BCUT2D eigenvalue weighted by Gasteiger charge is -2.29. The number of pyridine rings is 1. The minimum atomic E-state index is -3.17. The molecule has 0 bridgehead atoms. The summed E-state index contributed by atoms with van der Waals surface area (Å²) in [7, 11) is -3.17. The molecule has 0 unspecified atom stereocenters. The fourth-order valence-electron chi connectivity index (χ4n) is 2.60. The van der Waals surface area contributed by atoms with Crippen LogP contribution in [0.5, 0.6) is 5.88 Å². The largest absolute Gasteiger partial charge is 0.478 e. The van der Waals surface area contributed by atoms with Gasteiger partial charge < -0.3 is 10.1 Å². The summed E-state index contributed by atoms with van der Waals surface area (Å²) in [5.74, 6) is 0.326. The van der Waals surface area contributed by atoms with Gasteiger partial charge in [0.2, 0.25) is 21.8 Å². The fraction of sp³-hybridized carbons (Fsp3) is 0.600. The number of aromatic nitrogens is 1. The number of hydrogen-bond acceptors (Lipinski definition) is 5. The number of sulfonamides is 1. The lowest BCUT2D eigenvalue weighted by Crippen LogP contribution is -2.42. The van der Waals surface area contributed by atoms with Crippen molar-refractivity contribution in [1.82, 2.24) is 14.6 Å². The molecule has 1 fully saturated rings. The number of nitrogens with zero attached hydrogens (tertiary/aromatic N) is 2. The maximum atomic E-state index is 12.3. The Morgan fingerprint density at radius 1 is 1.43 bits per heavy atom. The Morgan fingerprint density at radius 2 is 2.13 bits per heavy atom. The van der Waals surface area contributed by atoms with Gasteiger partial charge in [-0.15, -0.1) is 0 Å². The molecule has 1 aliphatic rings. The summed E-state index contributed by atoms with van der Waals surface area (Å²) in [4.78, 5) is 16.4. The Hall–Kier alpha value is -1.67. The topological polar surface area (TPSA) is 88.6 Å². The Bertz CT molecular complexity index is 640. The number of hydrogen-bond donors (Lipinski definition) is 1. The fourth-order valence-corrected chi connectivity index (χ4v) is 3.48. The summed E-state index contributed by atoms with van der Waals surface area (Å²) in [5.41, 5.74) is 0.830. The molecule has 0 saturated carbocycles. The highest BCUT2D eigenvalue weighted by atomic mass is 32.2. The summed E-state index contributed by atoms with van der Waals surface area (Å²) in [6, 6.07) is 3.67. The van der Waals surface area contributed by atoms with Crippen LogP contribution in [-0.2, 0) is 21.4 Å². The van der Waals surface area contributed by atoms with E-state index in [-0.39, 0.29) is 11.8 Å². The van der Waals surface area contributed by atoms with Gasteiger partial charge in [-0.25, -0.2) is 17.7 Å². The first-order chi connectivity index (χ1) is 10.9. The normalized spacial score (nSPS) is 17.0. The van der Waals surface area contributed by atoms with E-state index in [4.69, 9.17) is 4.74 Å². The smallest absolute Gasteiger partial charge is 0.223 e. The number of nitrogens with one attached hydrogen (secondary N) is 1. The molecule has 1 N–H and O–H groups in total. The van der Waals surface area contributed by atoms with Crippen molar-refractivity contribution < 1.29 is 17.9 Å². The van der Waals surface area contributed by atoms with Gasteiger partial charge in [-0.2, -0.15) is 0 Å². The van der Waals surface area contributed by atoms with Crippen molar-refractivity contribution >= 4 is 15.9 Å². The van der Waals surface area contributed by atoms with Gasteiger partial charge in [0.05, 0.1) is 12.9 Å². The maximum Gasteiger partial charge on any atom is 0.223 e. The first kappa shape index (κ1) is 17.7. The SMILES string of the molecule is CCOc1ncccc1CNC(=O)C1CCN(S(C)(=O)=O)CC1. The first-order valence-electron chi connectivity index (χ1n) is 7.71. The molecule has 0 radical (unpaired) electrons.